The van der Waals surface area contributed by atoms with Crippen LogP contribution in [0.5, 0.6) is 11.5 Å². The Bertz CT molecular complexity index is 740. The summed E-state index contributed by atoms with van der Waals surface area (Å²) < 4.78 is 10.2. The van der Waals surface area contributed by atoms with E-state index in [1.165, 1.54) is 0 Å². The number of aliphatic carboxylic acids is 1. The molecule has 0 heterocycles. The topological polar surface area (TPSA) is 84.9 Å². The minimum absolute atomic E-state index is 0.319. The van der Waals surface area contributed by atoms with Crippen molar-refractivity contribution in [1.82, 2.24) is 0 Å². The Kier molecular flexibility index (Phi) is 6.60. The van der Waals surface area contributed by atoms with Gasteiger partial charge in [-0.2, -0.15) is 0 Å². The van der Waals surface area contributed by atoms with Crippen LogP contribution in [0.15, 0.2) is 48.5 Å². The number of carbonyl (C=O) groups excluding carboxylic acids is 1. The predicted octanol–water partition coefficient (Wildman–Crippen LogP) is 3.22. The van der Waals surface area contributed by atoms with Gasteiger partial charge in [-0.05, 0) is 48.4 Å². The van der Waals surface area contributed by atoms with Gasteiger partial charge in [-0.25, -0.2) is 0 Å². The maximum absolute atomic E-state index is 12.7. The first-order valence-electron chi connectivity index (χ1n) is 8.25. The van der Waals surface area contributed by atoms with Crippen LogP contribution in [0, 0.1) is 11.8 Å². The maximum Gasteiger partial charge on any atom is 0.307 e. The Labute approximate surface area is 152 Å². The second kappa shape index (κ2) is 8.89. The van der Waals surface area contributed by atoms with Crippen LogP contribution in [0.4, 0.5) is 5.69 Å². The first-order chi connectivity index (χ1) is 12.4. The number of anilines is 1. The van der Waals surface area contributed by atoms with Gasteiger partial charge >= 0.3 is 5.97 Å². The number of rotatable bonds is 8. The molecule has 0 bridgehead atoms. The Morgan fingerprint density at radius 2 is 1.46 bits per heavy atom. The average Bonchev–Trinajstić information content (AvgIpc) is 2.66. The Morgan fingerprint density at radius 3 is 1.92 bits per heavy atom. The SMILES string of the molecule is COc1ccc(C[C@@H](C(=O)Nc2ccc(OC)cc2)[C@@H](C)C(=O)O)cc1. The van der Waals surface area contributed by atoms with Crippen LogP contribution in [-0.4, -0.2) is 31.2 Å². The first-order valence-corrected chi connectivity index (χ1v) is 8.25. The molecule has 0 aromatic heterocycles. The van der Waals surface area contributed by atoms with E-state index in [1.54, 1.807) is 57.5 Å². The van der Waals surface area contributed by atoms with E-state index in [2.05, 4.69) is 5.32 Å². The molecule has 0 spiro atoms. The molecular formula is C20H23NO5. The van der Waals surface area contributed by atoms with Gasteiger partial charge < -0.3 is 19.9 Å². The molecular weight excluding hydrogens is 334 g/mol. The van der Waals surface area contributed by atoms with Crippen LogP contribution >= 0.6 is 0 Å². The van der Waals surface area contributed by atoms with Gasteiger partial charge in [0.15, 0.2) is 0 Å². The minimum Gasteiger partial charge on any atom is -0.497 e. The monoisotopic (exact) mass is 357 g/mol. The molecule has 0 unspecified atom stereocenters. The standard InChI is InChI=1S/C20H23NO5/c1-13(20(23)24)18(12-14-4-8-16(25-2)9-5-14)19(22)21-15-6-10-17(26-3)11-7-15/h4-11,13,18H,12H2,1-3H3,(H,21,22)(H,23,24)/t13-,18-/m1/s1. The van der Waals surface area contributed by atoms with Crippen molar-refractivity contribution in [3.05, 3.63) is 54.1 Å². The fourth-order valence-corrected chi connectivity index (χ4v) is 2.59. The van der Waals surface area contributed by atoms with E-state index < -0.39 is 17.8 Å². The van der Waals surface area contributed by atoms with Gasteiger partial charge in [-0.1, -0.05) is 19.1 Å². The van der Waals surface area contributed by atoms with Gasteiger partial charge in [0.1, 0.15) is 11.5 Å². The Balaban J connectivity index is 2.16. The zero-order valence-corrected chi connectivity index (χ0v) is 15.1. The zero-order valence-electron chi connectivity index (χ0n) is 15.1. The summed E-state index contributed by atoms with van der Waals surface area (Å²) in [5.41, 5.74) is 1.46. The summed E-state index contributed by atoms with van der Waals surface area (Å²) in [5.74, 6) is -1.48. The summed E-state index contributed by atoms with van der Waals surface area (Å²) in [4.78, 5) is 24.2. The van der Waals surface area contributed by atoms with Crippen molar-refractivity contribution < 1.29 is 24.2 Å². The predicted molar refractivity (Wildman–Crippen MR) is 98.6 cm³/mol. The number of ether oxygens (including phenoxy) is 2. The first kappa shape index (κ1) is 19.3. The van der Waals surface area contributed by atoms with Crippen molar-refractivity contribution in [2.75, 3.05) is 19.5 Å². The molecule has 6 nitrogen and oxygen atoms in total. The third-order valence-corrected chi connectivity index (χ3v) is 4.30. The Hall–Kier alpha value is -3.02. The molecule has 0 saturated carbocycles. The van der Waals surface area contributed by atoms with Crippen molar-refractivity contribution in [1.29, 1.82) is 0 Å². The number of hydrogen-bond donors (Lipinski definition) is 2. The molecule has 0 aliphatic rings. The van der Waals surface area contributed by atoms with Gasteiger partial charge in [0.05, 0.1) is 26.1 Å². The normalized spacial score (nSPS) is 12.7. The lowest BCUT2D eigenvalue weighted by atomic mass is 9.87. The molecule has 1 amide bonds. The number of amides is 1. The van der Waals surface area contributed by atoms with E-state index in [4.69, 9.17) is 9.47 Å². The third-order valence-electron chi connectivity index (χ3n) is 4.30. The summed E-state index contributed by atoms with van der Waals surface area (Å²) >= 11 is 0. The highest BCUT2D eigenvalue weighted by molar-refractivity contribution is 5.95. The van der Waals surface area contributed by atoms with Crippen LogP contribution in [0.1, 0.15) is 12.5 Å². The molecule has 2 atom stereocenters. The van der Waals surface area contributed by atoms with E-state index >= 15 is 0 Å². The minimum atomic E-state index is -1.01. The van der Waals surface area contributed by atoms with Crippen molar-refractivity contribution in [3.63, 3.8) is 0 Å². The van der Waals surface area contributed by atoms with Crippen molar-refractivity contribution >= 4 is 17.6 Å². The van der Waals surface area contributed by atoms with Crippen LogP contribution in [0.25, 0.3) is 0 Å². The van der Waals surface area contributed by atoms with E-state index in [1.807, 2.05) is 12.1 Å². The summed E-state index contributed by atoms with van der Waals surface area (Å²) in [6, 6.07) is 14.1. The number of hydrogen-bond acceptors (Lipinski definition) is 4. The molecule has 138 valence electrons. The van der Waals surface area contributed by atoms with Gasteiger partial charge in [0, 0.05) is 5.69 Å². The number of benzene rings is 2. The molecule has 2 aromatic rings. The summed E-state index contributed by atoms with van der Waals surface area (Å²) in [7, 11) is 3.14. The van der Waals surface area contributed by atoms with Crippen molar-refractivity contribution in [2.45, 2.75) is 13.3 Å². The number of nitrogens with one attached hydrogen (secondary N) is 1. The molecule has 26 heavy (non-hydrogen) atoms. The summed E-state index contributed by atoms with van der Waals surface area (Å²) in [6.07, 6.45) is 0.319. The highest BCUT2D eigenvalue weighted by atomic mass is 16.5. The summed E-state index contributed by atoms with van der Waals surface area (Å²) in [5, 5.41) is 12.2. The third kappa shape index (κ3) is 4.99. The van der Waals surface area contributed by atoms with Gasteiger partial charge in [0.2, 0.25) is 5.91 Å². The van der Waals surface area contributed by atoms with Gasteiger partial charge in [0.25, 0.3) is 0 Å². The largest absolute Gasteiger partial charge is 0.497 e. The highest BCUT2D eigenvalue weighted by Gasteiger charge is 2.30. The fraction of sp³-hybridized carbons (Fsp3) is 0.300. The van der Waals surface area contributed by atoms with E-state index in [0.717, 1.165) is 5.56 Å². The van der Waals surface area contributed by atoms with Gasteiger partial charge in [-0.3, -0.25) is 9.59 Å². The molecule has 0 aliphatic carbocycles. The van der Waals surface area contributed by atoms with Crippen molar-refractivity contribution in [2.24, 2.45) is 11.8 Å². The maximum atomic E-state index is 12.7. The highest BCUT2D eigenvalue weighted by Crippen LogP contribution is 2.23. The molecule has 2 rings (SSSR count). The van der Waals surface area contributed by atoms with Crippen LogP contribution in [-0.2, 0) is 16.0 Å². The molecule has 0 radical (unpaired) electrons. The van der Waals surface area contributed by atoms with Crippen LogP contribution in [0.2, 0.25) is 0 Å². The van der Waals surface area contributed by atoms with Gasteiger partial charge in [-0.15, -0.1) is 0 Å². The van der Waals surface area contributed by atoms with Crippen LogP contribution in [0.3, 0.4) is 0 Å². The fourth-order valence-electron chi connectivity index (χ4n) is 2.59. The molecule has 6 heteroatoms. The van der Waals surface area contributed by atoms with Crippen molar-refractivity contribution in [3.8, 4) is 11.5 Å². The number of methoxy groups -OCH3 is 2. The molecule has 2 aromatic carbocycles. The lowest BCUT2D eigenvalue weighted by Gasteiger charge is -2.21. The Morgan fingerprint density at radius 1 is 0.962 bits per heavy atom. The zero-order chi connectivity index (χ0) is 19.1. The number of carboxylic acids is 1. The van der Waals surface area contributed by atoms with E-state index in [9.17, 15) is 14.7 Å². The quantitative estimate of drug-likeness (QED) is 0.758. The molecule has 0 aliphatic heterocycles. The second-order valence-electron chi connectivity index (χ2n) is 6.00. The summed E-state index contributed by atoms with van der Waals surface area (Å²) in [6.45, 7) is 1.55. The second-order valence-corrected chi connectivity index (χ2v) is 6.00. The smallest absolute Gasteiger partial charge is 0.307 e. The lowest BCUT2D eigenvalue weighted by molar-refractivity contribution is -0.145. The average molecular weight is 357 g/mol. The van der Waals surface area contributed by atoms with Crippen LogP contribution < -0.4 is 14.8 Å². The number of carboxylic acid groups (broad SMARTS) is 1. The molecule has 0 saturated heterocycles. The van der Waals surface area contributed by atoms with E-state index in [-0.39, 0.29) is 5.91 Å². The molecule has 0 fully saturated rings. The van der Waals surface area contributed by atoms with E-state index in [0.29, 0.717) is 23.6 Å². The number of carbonyl (C=O) groups is 2. The lowest BCUT2D eigenvalue weighted by Crippen LogP contribution is -2.33. The molecule has 2 N–H and O–H groups in total.